The SMILES string of the molecule is C[As](Cc1ccc(C(=O)O)cc1)C(=O)OC(C)(C)C. The summed E-state index contributed by atoms with van der Waals surface area (Å²) in [7, 11) is 0. The zero-order valence-electron chi connectivity index (χ0n) is 11.6. The van der Waals surface area contributed by atoms with Gasteiger partial charge in [-0.1, -0.05) is 0 Å². The van der Waals surface area contributed by atoms with Crippen LogP contribution in [0.3, 0.4) is 0 Å². The van der Waals surface area contributed by atoms with Crippen molar-refractivity contribution in [1.82, 2.24) is 0 Å². The van der Waals surface area contributed by atoms with Crippen molar-refractivity contribution in [2.24, 2.45) is 0 Å². The van der Waals surface area contributed by atoms with Gasteiger partial charge >= 0.3 is 117 Å². The Bertz CT molecular complexity index is 459. The minimum atomic E-state index is -1.74. The molecule has 0 aliphatic heterocycles. The number of carboxylic acid groups (broad SMARTS) is 1. The first-order chi connectivity index (χ1) is 8.69. The van der Waals surface area contributed by atoms with Crippen LogP contribution in [-0.4, -0.2) is 36.1 Å². The average molecular weight is 326 g/mol. The second-order valence-corrected chi connectivity index (χ2v) is 9.70. The maximum absolute atomic E-state index is 11.9. The first kappa shape index (κ1) is 15.8. The van der Waals surface area contributed by atoms with Gasteiger partial charge < -0.3 is 0 Å². The van der Waals surface area contributed by atoms with E-state index in [4.69, 9.17) is 9.84 Å². The molecule has 104 valence electrons. The van der Waals surface area contributed by atoms with Gasteiger partial charge in [0.25, 0.3) is 0 Å². The van der Waals surface area contributed by atoms with Crippen LogP contribution in [0.5, 0.6) is 0 Å². The summed E-state index contributed by atoms with van der Waals surface area (Å²) in [5, 5.41) is 9.49. The number of carbonyl (C=O) groups is 2. The number of hydrogen-bond acceptors (Lipinski definition) is 3. The molecule has 19 heavy (non-hydrogen) atoms. The molecular weight excluding hydrogens is 307 g/mol. The van der Waals surface area contributed by atoms with Crippen molar-refractivity contribution in [2.75, 3.05) is 0 Å². The fraction of sp³-hybridized carbons (Fsp3) is 0.429. The standard InChI is InChI=1S/C14H19AsO4/c1-14(2,3)19-13(18)15(4)9-10-5-7-11(8-6-10)12(16)17/h5-8H,9H2,1-4H3,(H,16,17). The molecule has 5 heteroatoms. The van der Waals surface area contributed by atoms with Gasteiger partial charge in [0.2, 0.25) is 0 Å². The number of benzene rings is 1. The van der Waals surface area contributed by atoms with Gasteiger partial charge in [-0.25, -0.2) is 0 Å². The quantitative estimate of drug-likeness (QED) is 0.864. The summed E-state index contributed by atoms with van der Waals surface area (Å²) in [5.41, 5.74) is 2.74. The summed E-state index contributed by atoms with van der Waals surface area (Å²) in [4.78, 5) is 22.6. The average Bonchev–Trinajstić information content (AvgIpc) is 2.27. The molecule has 0 amide bonds. The summed E-state index contributed by atoms with van der Waals surface area (Å²) in [6.45, 7) is 5.57. The van der Waals surface area contributed by atoms with Crippen molar-refractivity contribution >= 4 is 25.4 Å². The first-order valence-electron chi connectivity index (χ1n) is 5.95. The van der Waals surface area contributed by atoms with Crippen molar-refractivity contribution in [2.45, 2.75) is 37.3 Å². The van der Waals surface area contributed by atoms with E-state index >= 15 is 0 Å². The fourth-order valence-electron chi connectivity index (χ4n) is 1.43. The van der Waals surface area contributed by atoms with E-state index in [1.54, 1.807) is 24.3 Å². The molecule has 0 aliphatic carbocycles. The Hall–Kier alpha value is -1.28. The molecule has 0 fully saturated rings. The van der Waals surface area contributed by atoms with E-state index in [9.17, 15) is 9.59 Å². The third-order valence-electron chi connectivity index (χ3n) is 2.33. The van der Waals surface area contributed by atoms with E-state index in [1.807, 2.05) is 26.5 Å². The number of ether oxygens (including phenoxy) is 1. The van der Waals surface area contributed by atoms with E-state index in [0.717, 1.165) is 5.56 Å². The monoisotopic (exact) mass is 326 g/mol. The third-order valence-corrected chi connectivity index (χ3v) is 5.59. The molecule has 4 nitrogen and oxygen atoms in total. The van der Waals surface area contributed by atoms with Gasteiger partial charge in [0.15, 0.2) is 0 Å². The second kappa shape index (κ2) is 6.24. The van der Waals surface area contributed by atoms with Crippen LogP contribution in [0.25, 0.3) is 0 Å². The zero-order valence-corrected chi connectivity index (χ0v) is 13.5. The number of carboxylic acids is 1. The van der Waals surface area contributed by atoms with Crippen LogP contribution in [0, 0.1) is 0 Å². The molecule has 0 saturated carbocycles. The van der Waals surface area contributed by atoms with Gasteiger partial charge in [0.1, 0.15) is 0 Å². The van der Waals surface area contributed by atoms with Crippen molar-refractivity contribution in [3.05, 3.63) is 35.4 Å². The van der Waals surface area contributed by atoms with Crippen LogP contribution >= 0.6 is 0 Å². The predicted molar refractivity (Wildman–Crippen MR) is 75.0 cm³/mol. The summed E-state index contributed by atoms with van der Waals surface area (Å²) in [6.07, 6.45) is 0. The second-order valence-electron chi connectivity index (χ2n) is 5.34. The van der Waals surface area contributed by atoms with E-state index in [-0.39, 0.29) is 10.3 Å². The van der Waals surface area contributed by atoms with Crippen molar-refractivity contribution in [3.63, 3.8) is 0 Å². The molecule has 1 aromatic carbocycles. The molecule has 1 atom stereocenters. The van der Waals surface area contributed by atoms with Crippen molar-refractivity contribution < 1.29 is 19.4 Å². The Morgan fingerprint density at radius 2 is 1.74 bits per heavy atom. The number of rotatable bonds is 4. The van der Waals surface area contributed by atoms with Crippen LogP contribution in [-0.2, 0) is 9.95 Å². The maximum atomic E-state index is 11.9. The molecule has 0 spiro atoms. The molecular formula is C14H19AsO4. The Kier molecular flexibility index (Phi) is 5.18. The topological polar surface area (TPSA) is 63.6 Å². The van der Waals surface area contributed by atoms with Gasteiger partial charge in [-0.2, -0.15) is 0 Å². The minimum absolute atomic E-state index is 0.0951. The van der Waals surface area contributed by atoms with Crippen LogP contribution in [0.4, 0.5) is 4.79 Å². The molecule has 0 aromatic heterocycles. The van der Waals surface area contributed by atoms with Crippen LogP contribution in [0.1, 0.15) is 36.7 Å². The van der Waals surface area contributed by atoms with E-state index in [2.05, 4.69) is 0 Å². The zero-order chi connectivity index (χ0) is 14.6. The van der Waals surface area contributed by atoms with Crippen molar-refractivity contribution in [3.8, 4) is 0 Å². The van der Waals surface area contributed by atoms with E-state index in [0.29, 0.717) is 5.21 Å². The molecule has 0 saturated heterocycles. The Balaban J connectivity index is 2.64. The molecule has 1 unspecified atom stereocenters. The number of hydrogen-bond donors (Lipinski definition) is 1. The summed E-state index contributed by atoms with van der Waals surface area (Å²) in [5.74, 6) is -0.940. The van der Waals surface area contributed by atoms with E-state index < -0.39 is 26.2 Å². The molecule has 0 aliphatic rings. The number of aromatic carboxylic acids is 1. The summed E-state index contributed by atoms with van der Waals surface area (Å²) in [6, 6.07) is 6.65. The summed E-state index contributed by atoms with van der Waals surface area (Å²) < 4.78 is 5.27. The molecule has 0 bridgehead atoms. The molecule has 1 aromatic rings. The molecule has 0 radical (unpaired) electrons. The molecule has 0 heterocycles. The van der Waals surface area contributed by atoms with Crippen LogP contribution < -0.4 is 0 Å². The molecule has 1 N–H and O–H groups in total. The normalized spacial score (nSPS) is 12.8. The summed E-state index contributed by atoms with van der Waals surface area (Å²) >= 11 is -1.74. The van der Waals surface area contributed by atoms with Crippen molar-refractivity contribution in [1.29, 1.82) is 0 Å². The number of carbonyl (C=O) groups excluding carboxylic acids is 1. The Morgan fingerprint density at radius 1 is 1.21 bits per heavy atom. The molecule has 1 rings (SSSR count). The van der Waals surface area contributed by atoms with Gasteiger partial charge in [-0.3, -0.25) is 0 Å². The third kappa shape index (κ3) is 5.48. The first-order valence-corrected chi connectivity index (χ1v) is 10.1. The van der Waals surface area contributed by atoms with E-state index in [1.165, 1.54) is 0 Å². The van der Waals surface area contributed by atoms with Crippen LogP contribution in [0.15, 0.2) is 24.3 Å². The van der Waals surface area contributed by atoms with Gasteiger partial charge in [0, 0.05) is 0 Å². The Labute approximate surface area is 118 Å². The fourth-order valence-corrected chi connectivity index (χ4v) is 4.19. The predicted octanol–water partition coefficient (Wildman–Crippen LogP) is 3.11. The van der Waals surface area contributed by atoms with Gasteiger partial charge in [-0.15, -0.1) is 0 Å². The van der Waals surface area contributed by atoms with Gasteiger partial charge in [0.05, 0.1) is 0 Å². The van der Waals surface area contributed by atoms with Crippen LogP contribution in [0.2, 0.25) is 5.71 Å². The van der Waals surface area contributed by atoms with Gasteiger partial charge in [-0.05, 0) is 0 Å². The Morgan fingerprint density at radius 3 is 2.16 bits per heavy atom.